The van der Waals surface area contributed by atoms with Gasteiger partial charge in [0, 0.05) is 25.0 Å². The van der Waals surface area contributed by atoms with E-state index >= 15 is 0 Å². The van der Waals surface area contributed by atoms with Crippen LogP contribution in [0.15, 0.2) is 23.0 Å². The third kappa shape index (κ3) is 1.67. The topological polar surface area (TPSA) is 69.9 Å². The van der Waals surface area contributed by atoms with Gasteiger partial charge in [-0.2, -0.15) is 0 Å². The van der Waals surface area contributed by atoms with Crippen molar-refractivity contribution < 1.29 is 4.52 Å². The standard InChI is InChI=1S/C9H12N4O/c1-7-11-2-3-13(7)6-9-4-8(5-10)12-14-9/h2-4H,5-6,10H2,1H3. The first-order valence-electron chi connectivity index (χ1n) is 4.42. The molecule has 0 saturated carbocycles. The molecule has 0 spiro atoms. The van der Waals surface area contributed by atoms with Crippen LogP contribution in [0.2, 0.25) is 0 Å². The first kappa shape index (κ1) is 8.96. The molecular formula is C9H12N4O. The summed E-state index contributed by atoms with van der Waals surface area (Å²) < 4.78 is 7.09. The van der Waals surface area contributed by atoms with Crippen LogP contribution in [0.3, 0.4) is 0 Å². The van der Waals surface area contributed by atoms with E-state index in [9.17, 15) is 0 Å². The Labute approximate surface area is 81.5 Å². The number of aromatic nitrogens is 3. The Hall–Kier alpha value is -1.62. The second-order valence-electron chi connectivity index (χ2n) is 3.09. The minimum Gasteiger partial charge on any atom is -0.359 e. The van der Waals surface area contributed by atoms with Crippen LogP contribution in [0, 0.1) is 6.92 Å². The van der Waals surface area contributed by atoms with Crippen LogP contribution in [0.1, 0.15) is 17.3 Å². The van der Waals surface area contributed by atoms with Crippen molar-refractivity contribution >= 4 is 0 Å². The van der Waals surface area contributed by atoms with Crippen molar-refractivity contribution in [3.63, 3.8) is 0 Å². The molecule has 0 aliphatic heterocycles. The summed E-state index contributed by atoms with van der Waals surface area (Å²) in [5.74, 6) is 1.75. The van der Waals surface area contributed by atoms with Crippen molar-refractivity contribution in [2.75, 3.05) is 0 Å². The summed E-state index contributed by atoms with van der Waals surface area (Å²) in [6, 6.07) is 1.86. The lowest BCUT2D eigenvalue weighted by Gasteiger charge is -1.99. The first-order valence-corrected chi connectivity index (χ1v) is 4.42. The van der Waals surface area contributed by atoms with Crippen LogP contribution in [0.4, 0.5) is 0 Å². The van der Waals surface area contributed by atoms with Crippen molar-refractivity contribution in [3.05, 3.63) is 35.7 Å². The van der Waals surface area contributed by atoms with E-state index in [0.717, 1.165) is 17.3 Å². The molecule has 0 radical (unpaired) electrons. The number of hydrogen-bond donors (Lipinski definition) is 1. The maximum atomic E-state index is 5.42. The zero-order chi connectivity index (χ0) is 9.97. The SMILES string of the molecule is Cc1nccn1Cc1cc(CN)no1. The van der Waals surface area contributed by atoms with Crippen molar-refractivity contribution in [3.8, 4) is 0 Å². The van der Waals surface area contributed by atoms with E-state index in [1.807, 2.05) is 23.8 Å². The predicted molar refractivity (Wildman–Crippen MR) is 50.5 cm³/mol. The molecule has 5 heteroatoms. The van der Waals surface area contributed by atoms with E-state index in [1.54, 1.807) is 6.20 Å². The van der Waals surface area contributed by atoms with Gasteiger partial charge in [0.05, 0.1) is 12.2 Å². The van der Waals surface area contributed by atoms with Crippen molar-refractivity contribution in [1.29, 1.82) is 0 Å². The number of hydrogen-bond acceptors (Lipinski definition) is 4. The molecule has 0 fully saturated rings. The number of nitrogens with zero attached hydrogens (tertiary/aromatic N) is 3. The minimum absolute atomic E-state index is 0.409. The van der Waals surface area contributed by atoms with E-state index in [-0.39, 0.29) is 0 Å². The van der Waals surface area contributed by atoms with E-state index in [0.29, 0.717) is 13.1 Å². The summed E-state index contributed by atoms with van der Waals surface area (Å²) in [6.07, 6.45) is 3.66. The fourth-order valence-corrected chi connectivity index (χ4v) is 1.27. The Balaban J connectivity index is 2.15. The fourth-order valence-electron chi connectivity index (χ4n) is 1.27. The highest BCUT2D eigenvalue weighted by molar-refractivity contribution is 5.06. The Bertz CT molecular complexity index is 418. The van der Waals surface area contributed by atoms with Gasteiger partial charge in [-0.1, -0.05) is 5.16 Å². The monoisotopic (exact) mass is 192 g/mol. The lowest BCUT2D eigenvalue weighted by atomic mass is 10.3. The van der Waals surface area contributed by atoms with Gasteiger partial charge in [-0.25, -0.2) is 4.98 Å². The predicted octanol–water partition coefficient (Wildman–Crippen LogP) is 0.687. The molecule has 0 unspecified atom stereocenters. The summed E-state index contributed by atoms with van der Waals surface area (Å²) in [5.41, 5.74) is 6.20. The summed E-state index contributed by atoms with van der Waals surface area (Å²) in [7, 11) is 0. The van der Waals surface area contributed by atoms with Crippen LogP contribution in [0.25, 0.3) is 0 Å². The first-order chi connectivity index (χ1) is 6.79. The summed E-state index contributed by atoms with van der Waals surface area (Å²) in [4.78, 5) is 4.12. The molecule has 0 amide bonds. The molecule has 0 atom stereocenters. The maximum Gasteiger partial charge on any atom is 0.156 e. The molecule has 2 heterocycles. The molecule has 74 valence electrons. The third-order valence-electron chi connectivity index (χ3n) is 2.07. The quantitative estimate of drug-likeness (QED) is 0.776. The van der Waals surface area contributed by atoms with Crippen LogP contribution < -0.4 is 5.73 Å². The average molecular weight is 192 g/mol. The van der Waals surface area contributed by atoms with Gasteiger partial charge in [0.15, 0.2) is 5.76 Å². The highest BCUT2D eigenvalue weighted by Crippen LogP contribution is 2.06. The van der Waals surface area contributed by atoms with E-state index in [2.05, 4.69) is 10.1 Å². The molecule has 5 nitrogen and oxygen atoms in total. The molecule has 0 aliphatic rings. The molecule has 0 bridgehead atoms. The van der Waals surface area contributed by atoms with Gasteiger partial charge in [-0.05, 0) is 6.92 Å². The van der Waals surface area contributed by atoms with Crippen LogP contribution in [0.5, 0.6) is 0 Å². The minimum atomic E-state index is 0.409. The average Bonchev–Trinajstić information content (AvgIpc) is 2.77. The maximum absolute atomic E-state index is 5.42. The second kappa shape index (κ2) is 3.63. The molecule has 0 aromatic carbocycles. The van der Waals surface area contributed by atoms with E-state index in [1.165, 1.54) is 0 Å². The van der Waals surface area contributed by atoms with E-state index in [4.69, 9.17) is 10.3 Å². The number of nitrogens with two attached hydrogens (primary N) is 1. The molecule has 2 aromatic heterocycles. The highest BCUT2D eigenvalue weighted by Gasteiger charge is 2.04. The van der Waals surface area contributed by atoms with Crippen LogP contribution >= 0.6 is 0 Å². The Morgan fingerprint density at radius 2 is 2.43 bits per heavy atom. The van der Waals surface area contributed by atoms with Crippen LogP contribution in [-0.2, 0) is 13.1 Å². The normalized spacial score (nSPS) is 10.7. The summed E-state index contributed by atoms with van der Waals surface area (Å²) >= 11 is 0. The van der Waals surface area contributed by atoms with E-state index < -0.39 is 0 Å². The van der Waals surface area contributed by atoms with Gasteiger partial charge >= 0.3 is 0 Å². The molecule has 14 heavy (non-hydrogen) atoms. The van der Waals surface area contributed by atoms with Crippen molar-refractivity contribution in [2.45, 2.75) is 20.0 Å². The molecule has 2 N–H and O–H groups in total. The molecular weight excluding hydrogens is 180 g/mol. The number of rotatable bonds is 3. The van der Waals surface area contributed by atoms with Crippen molar-refractivity contribution in [1.82, 2.24) is 14.7 Å². The zero-order valence-electron chi connectivity index (χ0n) is 7.97. The summed E-state index contributed by atoms with van der Waals surface area (Å²) in [5, 5.41) is 3.81. The fraction of sp³-hybridized carbons (Fsp3) is 0.333. The van der Waals surface area contributed by atoms with Gasteiger partial charge in [0.2, 0.25) is 0 Å². The van der Waals surface area contributed by atoms with Gasteiger partial charge in [-0.3, -0.25) is 0 Å². The zero-order valence-corrected chi connectivity index (χ0v) is 7.97. The smallest absolute Gasteiger partial charge is 0.156 e. The van der Waals surface area contributed by atoms with Gasteiger partial charge < -0.3 is 14.8 Å². The molecule has 0 aliphatic carbocycles. The number of imidazole rings is 1. The Morgan fingerprint density at radius 1 is 1.57 bits per heavy atom. The summed E-state index contributed by atoms with van der Waals surface area (Å²) in [6.45, 7) is 3.01. The van der Waals surface area contributed by atoms with Gasteiger partial charge in [-0.15, -0.1) is 0 Å². The number of aryl methyl sites for hydroxylation is 1. The van der Waals surface area contributed by atoms with Gasteiger partial charge in [0.25, 0.3) is 0 Å². The molecule has 2 rings (SSSR count). The third-order valence-corrected chi connectivity index (χ3v) is 2.07. The van der Waals surface area contributed by atoms with Crippen molar-refractivity contribution in [2.24, 2.45) is 5.73 Å². The van der Waals surface area contributed by atoms with Gasteiger partial charge in [0.1, 0.15) is 5.82 Å². The lowest BCUT2D eigenvalue weighted by Crippen LogP contribution is -1.99. The van der Waals surface area contributed by atoms with Crippen LogP contribution in [-0.4, -0.2) is 14.7 Å². The Morgan fingerprint density at radius 3 is 3.00 bits per heavy atom. The largest absolute Gasteiger partial charge is 0.359 e. The Kier molecular flexibility index (Phi) is 2.32. The highest BCUT2D eigenvalue weighted by atomic mass is 16.5. The molecule has 0 saturated heterocycles. The lowest BCUT2D eigenvalue weighted by molar-refractivity contribution is 0.370. The molecule has 2 aromatic rings. The second-order valence-corrected chi connectivity index (χ2v) is 3.09.